The summed E-state index contributed by atoms with van der Waals surface area (Å²) in [6.07, 6.45) is 2.92. The number of thiazole rings is 1. The number of anilines is 1. The quantitative estimate of drug-likeness (QED) is 0.267. The minimum Gasteiger partial charge on any atom is -0.484 e. The number of benzene rings is 2. The molecular weight excluding hydrogens is 554 g/mol. The number of rotatable bonds is 11. The second-order valence-electron chi connectivity index (χ2n) is 9.44. The van der Waals surface area contributed by atoms with E-state index < -0.39 is 5.97 Å². The molecule has 1 saturated heterocycles. The molecule has 0 atom stereocenters. The van der Waals surface area contributed by atoms with Gasteiger partial charge in [0.15, 0.2) is 12.2 Å². The van der Waals surface area contributed by atoms with Crippen molar-refractivity contribution in [3.63, 3.8) is 0 Å². The van der Waals surface area contributed by atoms with Crippen molar-refractivity contribution in [3.05, 3.63) is 92.4 Å². The first-order valence-corrected chi connectivity index (χ1v) is 14.4. The molecule has 10 nitrogen and oxygen atoms in total. The largest absolute Gasteiger partial charge is 0.484 e. The molecule has 11 heteroatoms. The summed E-state index contributed by atoms with van der Waals surface area (Å²) in [6.45, 7) is 9.21. The Morgan fingerprint density at radius 3 is 2.57 bits per heavy atom. The number of amides is 1. The third-order valence-corrected chi connectivity index (χ3v) is 7.76. The second kappa shape index (κ2) is 14.8. The number of carbonyl (C=O) groups excluding carboxylic acids is 2. The van der Waals surface area contributed by atoms with Crippen molar-refractivity contribution in [1.29, 1.82) is 5.26 Å². The molecule has 1 N–H and O–H groups in total. The number of carbonyl (C=O) groups is 2. The van der Waals surface area contributed by atoms with Gasteiger partial charge >= 0.3 is 5.97 Å². The molecule has 1 aliphatic heterocycles. The van der Waals surface area contributed by atoms with Gasteiger partial charge in [-0.05, 0) is 24.6 Å². The lowest BCUT2D eigenvalue weighted by Gasteiger charge is -2.34. The highest BCUT2D eigenvalue weighted by atomic mass is 32.1. The zero-order chi connectivity index (χ0) is 29.9. The molecular formula is C31H33N5O5S. The number of piperazine rings is 1. The van der Waals surface area contributed by atoms with Crippen LogP contribution in [0.25, 0.3) is 11.8 Å². The Balaban J connectivity index is 1.37. The molecule has 0 bridgehead atoms. The average Bonchev–Trinajstić information content (AvgIpc) is 3.33. The maximum atomic E-state index is 12.9. The van der Waals surface area contributed by atoms with E-state index in [1.807, 2.05) is 29.2 Å². The fraction of sp³-hybridized carbons (Fsp3) is 0.290. The first-order chi connectivity index (χ1) is 20.4. The zero-order valence-electron chi connectivity index (χ0n) is 23.5. The van der Waals surface area contributed by atoms with Crippen molar-refractivity contribution < 1.29 is 19.1 Å². The number of nitriles is 1. The van der Waals surface area contributed by atoms with Crippen LogP contribution < -0.4 is 24.8 Å². The maximum Gasteiger partial charge on any atom is 0.352 e. The molecule has 4 rings (SSSR count). The van der Waals surface area contributed by atoms with Crippen LogP contribution >= 0.6 is 11.3 Å². The van der Waals surface area contributed by atoms with E-state index in [0.29, 0.717) is 29.1 Å². The van der Waals surface area contributed by atoms with Gasteiger partial charge in [0, 0.05) is 57.2 Å². The summed E-state index contributed by atoms with van der Waals surface area (Å²) in [6, 6.07) is 19.2. The second-order valence-corrected chi connectivity index (χ2v) is 10.5. The van der Waals surface area contributed by atoms with Gasteiger partial charge in [0.05, 0.1) is 0 Å². The van der Waals surface area contributed by atoms with Crippen molar-refractivity contribution in [2.24, 2.45) is 0 Å². The number of hydrogen-bond donors (Lipinski definition) is 1. The molecule has 0 spiro atoms. The molecule has 2 aromatic carbocycles. The fourth-order valence-corrected chi connectivity index (χ4v) is 5.51. The van der Waals surface area contributed by atoms with Gasteiger partial charge in [0.2, 0.25) is 0 Å². The summed E-state index contributed by atoms with van der Waals surface area (Å²) in [5.74, 6) is -0.372. The molecule has 2 heterocycles. The average molecular weight is 588 g/mol. The van der Waals surface area contributed by atoms with Crippen molar-refractivity contribution in [2.75, 3.05) is 44.7 Å². The Bertz CT molecular complexity index is 1630. The van der Waals surface area contributed by atoms with Crippen LogP contribution in [0, 0.1) is 11.3 Å². The van der Waals surface area contributed by atoms with Gasteiger partial charge in [-0.1, -0.05) is 49.1 Å². The van der Waals surface area contributed by atoms with Crippen LogP contribution in [0.1, 0.15) is 12.5 Å². The van der Waals surface area contributed by atoms with Gasteiger partial charge < -0.3 is 19.7 Å². The summed E-state index contributed by atoms with van der Waals surface area (Å²) in [7, 11) is 0. The lowest BCUT2D eigenvalue weighted by atomic mass is 10.2. The number of ether oxygens (including phenoxy) is 2. The Morgan fingerprint density at radius 1 is 1.12 bits per heavy atom. The summed E-state index contributed by atoms with van der Waals surface area (Å²) >= 11 is 1.02. The molecule has 0 radical (unpaired) electrons. The van der Waals surface area contributed by atoms with E-state index >= 15 is 0 Å². The van der Waals surface area contributed by atoms with Crippen LogP contribution in [0.2, 0.25) is 0 Å². The van der Waals surface area contributed by atoms with Crippen LogP contribution in [0.5, 0.6) is 5.75 Å². The lowest BCUT2D eigenvalue weighted by molar-refractivity contribution is -0.136. The number of nitrogens with zero attached hydrogens (tertiary/aromatic N) is 4. The highest BCUT2D eigenvalue weighted by Crippen LogP contribution is 2.18. The molecule has 1 fully saturated rings. The highest BCUT2D eigenvalue weighted by Gasteiger charge is 2.21. The maximum absolute atomic E-state index is 12.9. The monoisotopic (exact) mass is 587 g/mol. The molecule has 0 aliphatic carbocycles. The number of esters is 1. The fourth-order valence-electron chi connectivity index (χ4n) is 4.44. The number of hydrogen-bond acceptors (Lipinski definition) is 9. The van der Waals surface area contributed by atoms with Crippen LogP contribution in [0.15, 0.2) is 72.0 Å². The van der Waals surface area contributed by atoms with Gasteiger partial charge in [-0.2, -0.15) is 5.26 Å². The topological polar surface area (TPSA) is 117 Å². The summed E-state index contributed by atoms with van der Waals surface area (Å²) in [5, 5.41) is 12.6. The van der Waals surface area contributed by atoms with E-state index in [2.05, 4.69) is 28.9 Å². The standard InChI is InChI=1S/C31H33N5O5S/c1-3-17-40-31(39)26(19-32)30-36(4-2)29(38)27(42-30)20-33-24-11-8-12-25(18-24)41-22-28(37)35-15-13-34(14-16-35)21-23-9-6-5-7-10-23/h3,5-12,18,20,33H,1,4,13-17,21-22H2,2H3/b27-20+,30-26-. The van der Waals surface area contributed by atoms with Gasteiger partial charge in [0.25, 0.3) is 11.5 Å². The third-order valence-electron chi connectivity index (χ3n) is 6.63. The van der Waals surface area contributed by atoms with E-state index in [4.69, 9.17) is 9.47 Å². The van der Waals surface area contributed by atoms with Crippen molar-refractivity contribution in [1.82, 2.24) is 14.4 Å². The smallest absolute Gasteiger partial charge is 0.352 e. The van der Waals surface area contributed by atoms with Crippen LogP contribution in [0.4, 0.5) is 5.69 Å². The van der Waals surface area contributed by atoms with Gasteiger partial charge in [-0.25, -0.2) is 4.79 Å². The molecule has 1 aliphatic rings. The zero-order valence-corrected chi connectivity index (χ0v) is 24.3. The van der Waals surface area contributed by atoms with Crippen molar-refractivity contribution in [2.45, 2.75) is 20.0 Å². The van der Waals surface area contributed by atoms with Crippen molar-refractivity contribution >= 4 is 40.7 Å². The van der Waals surface area contributed by atoms with E-state index in [-0.39, 0.29) is 41.5 Å². The summed E-state index contributed by atoms with van der Waals surface area (Å²) < 4.78 is 12.7. The molecule has 0 unspecified atom stereocenters. The Labute approximate surface area is 248 Å². The predicted octanol–water partition coefficient (Wildman–Crippen LogP) is 1.91. The van der Waals surface area contributed by atoms with Gasteiger partial charge in [-0.3, -0.25) is 19.1 Å². The Morgan fingerprint density at radius 2 is 1.88 bits per heavy atom. The van der Waals surface area contributed by atoms with Crippen LogP contribution in [0.3, 0.4) is 0 Å². The van der Waals surface area contributed by atoms with Crippen LogP contribution in [-0.4, -0.2) is 65.6 Å². The van der Waals surface area contributed by atoms with Gasteiger partial charge in [0.1, 0.15) is 27.6 Å². The number of nitrogens with one attached hydrogen (secondary N) is 1. The van der Waals surface area contributed by atoms with E-state index in [9.17, 15) is 19.6 Å². The van der Waals surface area contributed by atoms with E-state index in [1.54, 1.807) is 31.2 Å². The number of aromatic nitrogens is 1. The Kier molecular flexibility index (Phi) is 10.7. The van der Waals surface area contributed by atoms with E-state index in [0.717, 1.165) is 31.0 Å². The lowest BCUT2D eigenvalue weighted by Crippen LogP contribution is -2.49. The van der Waals surface area contributed by atoms with E-state index in [1.165, 1.54) is 22.4 Å². The van der Waals surface area contributed by atoms with Crippen molar-refractivity contribution in [3.8, 4) is 11.8 Å². The molecule has 1 aromatic heterocycles. The summed E-state index contributed by atoms with van der Waals surface area (Å²) in [5.41, 5.74) is 1.33. The van der Waals surface area contributed by atoms with Gasteiger partial charge in [-0.15, -0.1) is 11.3 Å². The first-order valence-electron chi connectivity index (χ1n) is 13.6. The Hall–Kier alpha value is -4.66. The molecule has 3 aromatic rings. The first kappa shape index (κ1) is 30.3. The SMILES string of the molecule is C=CCOC(=O)/C(C#N)=c1\s/c(=C/Nc2cccc(OCC(=O)N3CCN(Cc4ccccc4)CC3)c2)c(=O)n1CC. The molecule has 218 valence electrons. The highest BCUT2D eigenvalue weighted by molar-refractivity contribution is 7.07. The molecule has 0 saturated carbocycles. The van der Waals surface area contributed by atoms with Crippen LogP contribution in [-0.2, 0) is 27.4 Å². The normalized spacial score (nSPS) is 14.6. The minimum absolute atomic E-state index is 0.0400. The summed E-state index contributed by atoms with van der Waals surface area (Å²) in [4.78, 5) is 42.2. The predicted molar refractivity (Wildman–Crippen MR) is 162 cm³/mol. The minimum atomic E-state index is -0.811. The third kappa shape index (κ3) is 7.75. The molecule has 42 heavy (non-hydrogen) atoms. The molecule has 1 amide bonds.